The van der Waals surface area contributed by atoms with E-state index in [1.54, 1.807) is 0 Å². The second-order valence-electron chi connectivity index (χ2n) is 7.54. The minimum absolute atomic E-state index is 0.185. The van der Waals surface area contributed by atoms with Gasteiger partial charge in [-0.3, -0.25) is 4.90 Å². The van der Waals surface area contributed by atoms with Gasteiger partial charge in [0.05, 0.1) is 0 Å². The minimum Gasteiger partial charge on any atom is -0.289 e. The van der Waals surface area contributed by atoms with Gasteiger partial charge in [0.1, 0.15) is 5.82 Å². The number of halogens is 1. The van der Waals surface area contributed by atoms with Crippen LogP contribution in [0.25, 0.3) is 6.08 Å². The molecule has 0 amide bonds. The van der Waals surface area contributed by atoms with Gasteiger partial charge in [-0.1, -0.05) is 91.0 Å². The Kier molecular flexibility index (Phi) is 6.33. The van der Waals surface area contributed by atoms with Crippen molar-refractivity contribution in [1.82, 2.24) is 4.90 Å². The molecule has 1 aliphatic heterocycles. The van der Waals surface area contributed by atoms with E-state index in [-0.39, 0.29) is 5.82 Å². The summed E-state index contributed by atoms with van der Waals surface area (Å²) in [5.41, 5.74) is 4.98. The first kappa shape index (κ1) is 19.4. The predicted octanol–water partition coefficient (Wildman–Crippen LogP) is 6.43. The highest BCUT2D eigenvalue weighted by molar-refractivity contribution is 5.48. The fourth-order valence-electron chi connectivity index (χ4n) is 3.90. The van der Waals surface area contributed by atoms with Gasteiger partial charge in [0.25, 0.3) is 0 Å². The average Bonchev–Trinajstić information content (AvgIpc) is 2.77. The van der Waals surface area contributed by atoms with Gasteiger partial charge in [0.2, 0.25) is 0 Å². The van der Waals surface area contributed by atoms with Crippen molar-refractivity contribution in [2.24, 2.45) is 0 Å². The Hall–Kier alpha value is -2.97. The van der Waals surface area contributed by atoms with Crippen LogP contribution < -0.4 is 0 Å². The Balaban J connectivity index is 1.47. The summed E-state index contributed by atoms with van der Waals surface area (Å²) in [6, 6.07) is 26.5. The van der Waals surface area contributed by atoms with E-state index < -0.39 is 0 Å². The highest BCUT2D eigenvalue weighted by atomic mass is 19.1. The van der Waals surface area contributed by atoms with Crippen LogP contribution in [0.3, 0.4) is 0 Å². The number of nitrogens with zero attached hydrogens (tertiary/aromatic N) is 1. The molecule has 1 unspecified atom stereocenters. The highest BCUT2D eigenvalue weighted by Crippen LogP contribution is 2.29. The highest BCUT2D eigenvalue weighted by Gasteiger charge is 2.20. The molecule has 0 fully saturated rings. The third-order valence-electron chi connectivity index (χ3n) is 5.41. The molecule has 0 radical (unpaired) electrons. The van der Waals surface area contributed by atoms with Crippen LogP contribution in [-0.4, -0.2) is 18.0 Å². The van der Waals surface area contributed by atoms with Gasteiger partial charge < -0.3 is 0 Å². The molecule has 0 spiro atoms. The van der Waals surface area contributed by atoms with Crippen molar-refractivity contribution in [3.05, 3.63) is 125 Å². The molecule has 29 heavy (non-hydrogen) atoms. The third-order valence-corrected chi connectivity index (χ3v) is 5.41. The van der Waals surface area contributed by atoms with Gasteiger partial charge in [-0.2, -0.15) is 0 Å². The molecule has 3 aromatic rings. The van der Waals surface area contributed by atoms with Gasteiger partial charge in [0.15, 0.2) is 0 Å². The molecule has 146 valence electrons. The van der Waals surface area contributed by atoms with Crippen LogP contribution in [0.1, 0.15) is 34.7 Å². The summed E-state index contributed by atoms with van der Waals surface area (Å²) in [6.45, 7) is 1.89. The first-order chi connectivity index (χ1) is 14.3. The molecule has 0 aliphatic carbocycles. The molecule has 1 nitrogen and oxygen atoms in total. The van der Waals surface area contributed by atoms with Crippen LogP contribution in [-0.2, 0) is 6.42 Å². The van der Waals surface area contributed by atoms with Crippen LogP contribution in [0.5, 0.6) is 0 Å². The first-order valence-electron chi connectivity index (χ1n) is 10.2. The van der Waals surface area contributed by atoms with Crippen LogP contribution in [0.4, 0.5) is 4.39 Å². The SMILES string of the molecule is Fc1ccc(Cc2cccc(C3CC=CCN3C/C=C/c3ccccc3)c2)cc1. The Morgan fingerprint density at radius 1 is 0.862 bits per heavy atom. The molecular formula is C27H26FN. The standard InChI is InChI=1S/C27H26FN/c28-26-16-14-23(15-17-26)20-24-10-6-12-25(21-24)27-13-4-5-18-29(27)19-7-11-22-8-2-1-3-9-22/h1-12,14-17,21,27H,13,18-20H2/b11-7+. The molecule has 0 bridgehead atoms. The molecule has 0 saturated heterocycles. The lowest BCUT2D eigenvalue weighted by Gasteiger charge is -2.32. The van der Waals surface area contributed by atoms with Crippen molar-refractivity contribution in [2.75, 3.05) is 13.1 Å². The van der Waals surface area contributed by atoms with Crippen molar-refractivity contribution >= 4 is 6.08 Å². The monoisotopic (exact) mass is 383 g/mol. The van der Waals surface area contributed by atoms with Gasteiger partial charge in [0, 0.05) is 19.1 Å². The molecule has 0 saturated carbocycles. The molecule has 1 aliphatic rings. The normalized spacial score (nSPS) is 17.1. The summed E-state index contributed by atoms with van der Waals surface area (Å²) in [5, 5.41) is 0. The Labute approximate surface area is 172 Å². The molecule has 1 atom stereocenters. The molecule has 0 N–H and O–H groups in total. The molecule has 0 aromatic heterocycles. The van der Waals surface area contributed by atoms with Gasteiger partial charge in [-0.15, -0.1) is 0 Å². The molecule has 1 heterocycles. The lowest BCUT2D eigenvalue weighted by Crippen LogP contribution is -2.31. The molecule has 2 heteroatoms. The van der Waals surface area contributed by atoms with Crippen molar-refractivity contribution in [1.29, 1.82) is 0 Å². The lowest BCUT2D eigenvalue weighted by molar-refractivity contribution is 0.234. The van der Waals surface area contributed by atoms with Crippen molar-refractivity contribution in [3.63, 3.8) is 0 Å². The van der Waals surface area contributed by atoms with Crippen LogP contribution >= 0.6 is 0 Å². The Morgan fingerprint density at radius 3 is 2.52 bits per heavy atom. The average molecular weight is 384 g/mol. The summed E-state index contributed by atoms with van der Waals surface area (Å²) < 4.78 is 13.2. The van der Waals surface area contributed by atoms with E-state index in [2.05, 4.69) is 77.7 Å². The maximum atomic E-state index is 13.2. The smallest absolute Gasteiger partial charge is 0.123 e. The Bertz CT molecular complexity index is 973. The fourth-order valence-corrected chi connectivity index (χ4v) is 3.90. The van der Waals surface area contributed by atoms with E-state index in [1.807, 2.05) is 18.2 Å². The summed E-state index contributed by atoms with van der Waals surface area (Å²) in [6.07, 6.45) is 10.8. The summed E-state index contributed by atoms with van der Waals surface area (Å²) in [5.74, 6) is -0.185. The number of hydrogen-bond donors (Lipinski definition) is 0. The molecular weight excluding hydrogens is 357 g/mol. The van der Waals surface area contributed by atoms with Gasteiger partial charge in [-0.05, 0) is 47.2 Å². The van der Waals surface area contributed by atoms with Crippen LogP contribution in [0.15, 0.2) is 97.1 Å². The fraction of sp³-hybridized carbons (Fsp3) is 0.185. The Morgan fingerprint density at radius 2 is 1.69 bits per heavy atom. The maximum absolute atomic E-state index is 13.2. The zero-order valence-electron chi connectivity index (χ0n) is 16.5. The van der Waals surface area contributed by atoms with Crippen LogP contribution in [0.2, 0.25) is 0 Å². The maximum Gasteiger partial charge on any atom is 0.123 e. The number of benzene rings is 3. The predicted molar refractivity (Wildman–Crippen MR) is 119 cm³/mol. The summed E-state index contributed by atoms with van der Waals surface area (Å²) >= 11 is 0. The van der Waals surface area contributed by atoms with E-state index in [0.717, 1.165) is 31.5 Å². The number of rotatable bonds is 6. The van der Waals surface area contributed by atoms with Gasteiger partial charge >= 0.3 is 0 Å². The quantitative estimate of drug-likeness (QED) is 0.443. The molecule has 4 rings (SSSR count). The van der Waals surface area contributed by atoms with Crippen molar-refractivity contribution in [2.45, 2.75) is 18.9 Å². The zero-order valence-corrected chi connectivity index (χ0v) is 16.5. The second kappa shape index (κ2) is 9.49. The van der Waals surface area contributed by atoms with E-state index in [0.29, 0.717) is 6.04 Å². The minimum atomic E-state index is -0.185. The van der Waals surface area contributed by atoms with Crippen LogP contribution in [0, 0.1) is 5.82 Å². The second-order valence-corrected chi connectivity index (χ2v) is 7.54. The third kappa shape index (κ3) is 5.30. The zero-order chi connectivity index (χ0) is 19.9. The molecule has 3 aromatic carbocycles. The van der Waals surface area contributed by atoms with E-state index >= 15 is 0 Å². The van der Waals surface area contributed by atoms with Crippen molar-refractivity contribution < 1.29 is 4.39 Å². The van der Waals surface area contributed by atoms with E-state index in [4.69, 9.17) is 0 Å². The van der Waals surface area contributed by atoms with Gasteiger partial charge in [-0.25, -0.2) is 4.39 Å². The van der Waals surface area contributed by atoms with E-state index in [1.165, 1.54) is 28.8 Å². The van der Waals surface area contributed by atoms with Crippen molar-refractivity contribution in [3.8, 4) is 0 Å². The topological polar surface area (TPSA) is 3.24 Å². The number of hydrogen-bond acceptors (Lipinski definition) is 1. The lowest BCUT2D eigenvalue weighted by atomic mass is 9.95. The largest absolute Gasteiger partial charge is 0.289 e. The van der Waals surface area contributed by atoms with E-state index in [9.17, 15) is 4.39 Å². The summed E-state index contributed by atoms with van der Waals surface area (Å²) in [7, 11) is 0. The summed E-state index contributed by atoms with van der Waals surface area (Å²) in [4.78, 5) is 2.51. The first-order valence-corrected chi connectivity index (χ1v) is 10.2.